The average molecular weight is 410 g/mol. The van der Waals surface area contributed by atoms with Crippen molar-refractivity contribution in [1.82, 2.24) is 10.6 Å². The molecule has 0 bridgehead atoms. The number of ether oxygens (including phenoxy) is 1. The van der Waals surface area contributed by atoms with Gasteiger partial charge in [-0.1, -0.05) is 50.6 Å². The van der Waals surface area contributed by atoms with Crippen LogP contribution in [0.4, 0.5) is 5.69 Å². The van der Waals surface area contributed by atoms with Crippen LogP contribution in [0, 0.1) is 12.8 Å². The van der Waals surface area contributed by atoms with Crippen LogP contribution in [-0.4, -0.2) is 31.0 Å². The van der Waals surface area contributed by atoms with Crippen molar-refractivity contribution >= 4 is 17.5 Å². The van der Waals surface area contributed by atoms with E-state index >= 15 is 0 Å². The molecule has 1 aliphatic heterocycles. The van der Waals surface area contributed by atoms with Gasteiger partial charge >= 0.3 is 0 Å². The van der Waals surface area contributed by atoms with Gasteiger partial charge in [-0.3, -0.25) is 9.59 Å². The second-order valence-electron chi connectivity index (χ2n) is 7.97. The van der Waals surface area contributed by atoms with Crippen LogP contribution >= 0.6 is 0 Å². The summed E-state index contributed by atoms with van der Waals surface area (Å²) < 4.78 is 5.37. The molecule has 0 spiro atoms. The first kappa shape index (κ1) is 21.8. The minimum atomic E-state index is -0.633. The largest absolute Gasteiger partial charge is 0.495 e. The van der Waals surface area contributed by atoms with E-state index in [0.717, 1.165) is 12.0 Å². The van der Waals surface area contributed by atoms with Gasteiger partial charge in [0.05, 0.1) is 18.8 Å². The number of rotatable bonds is 7. The van der Waals surface area contributed by atoms with Crippen molar-refractivity contribution in [2.24, 2.45) is 5.92 Å². The molecule has 1 aliphatic rings. The Hall–Kier alpha value is -2.86. The molecule has 2 aromatic rings. The summed E-state index contributed by atoms with van der Waals surface area (Å²) in [5.41, 5.74) is 4.00. The van der Waals surface area contributed by atoms with Gasteiger partial charge in [0.15, 0.2) is 0 Å². The molecular formula is C24H31N3O3. The van der Waals surface area contributed by atoms with Gasteiger partial charge in [0, 0.05) is 6.54 Å². The van der Waals surface area contributed by atoms with Gasteiger partial charge in [-0.25, -0.2) is 0 Å². The molecule has 0 fully saturated rings. The van der Waals surface area contributed by atoms with Crippen LogP contribution < -0.4 is 20.7 Å². The SMILES string of the molecule is CCC(C)C(NC(=O)C1Cc2ccccc2CN1)C(=O)Nc1cc(C)ccc1OC. The number of nitrogens with one attached hydrogen (secondary N) is 3. The number of amides is 2. The molecular weight excluding hydrogens is 378 g/mol. The van der Waals surface area contributed by atoms with E-state index in [-0.39, 0.29) is 23.8 Å². The molecule has 6 heteroatoms. The molecule has 0 radical (unpaired) electrons. The van der Waals surface area contributed by atoms with Crippen LogP contribution in [0.15, 0.2) is 42.5 Å². The van der Waals surface area contributed by atoms with Gasteiger partial charge in [0.1, 0.15) is 11.8 Å². The number of carbonyl (C=O) groups is 2. The Labute approximate surface area is 178 Å². The van der Waals surface area contributed by atoms with E-state index in [0.29, 0.717) is 24.4 Å². The first-order valence-corrected chi connectivity index (χ1v) is 10.5. The molecule has 3 N–H and O–H groups in total. The standard InChI is InChI=1S/C24H31N3O3/c1-5-16(3)22(24(29)26-19-12-15(2)10-11-21(19)30-4)27-23(28)20-13-17-8-6-7-9-18(17)14-25-20/h6-12,16,20,22,25H,5,13-14H2,1-4H3,(H,26,29)(H,27,28). The second kappa shape index (κ2) is 9.76. The van der Waals surface area contributed by atoms with E-state index in [2.05, 4.69) is 28.1 Å². The van der Waals surface area contributed by atoms with E-state index in [1.54, 1.807) is 7.11 Å². The Morgan fingerprint density at radius 2 is 1.93 bits per heavy atom. The molecule has 6 nitrogen and oxygen atoms in total. The van der Waals surface area contributed by atoms with Gasteiger partial charge in [0.25, 0.3) is 0 Å². The first-order valence-electron chi connectivity index (χ1n) is 10.5. The fourth-order valence-electron chi connectivity index (χ4n) is 3.73. The Morgan fingerprint density at radius 1 is 1.20 bits per heavy atom. The van der Waals surface area contributed by atoms with Gasteiger partial charge in [0.2, 0.25) is 11.8 Å². The smallest absolute Gasteiger partial charge is 0.247 e. The van der Waals surface area contributed by atoms with Gasteiger partial charge in [-0.05, 0) is 48.1 Å². The molecule has 0 aromatic heterocycles. The number of benzene rings is 2. The van der Waals surface area contributed by atoms with Crippen molar-refractivity contribution in [3.05, 3.63) is 59.2 Å². The highest BCUT2D eigenvalue weighted by Crippen LogP contribution is 2.26. The Kier molecular flexibility index (Phi) is 7.11. The number of fused-ring (bicyclic) bond motifs is 1. The number of aryl methyl sites for hydroxylation is 1. The van der Waals surface area contributed by atoms with Crippen LogP contribution in [0.5, 0.6) is 5.75 Å². The van der Waals surface area contributed by atoms with E-state index in [1.807, 2.05) is 51.1 Å². The van der Waals surface area contributed by atoms with Gasteiger partial charge < -0.3 is 20.7 Å². The summed E-state index contributed by atoms with van der Waals surface area (Å²) in [7, 11) is 1.57. The molecule has 30 heavy (non-hydrogen) atoms. The lowest BCUT2D eigenvalue weighted by molar-refractivity contribution is -0.129. The summed E-state index contributed by atoms with van der Waals surface area (Å²) in [6.07, 6.45) is 1.38. The van der Waals surface area contributed by atoms with Crippen molar-refractivity contribution in [3.63, 3.8) is 0 Å². The lowest BCUT2D eigenvalue weighted by atomic mass is 9.94. The zero-order chi connectivity index (χ0) is 21.7. The van der Waals surface area contributed by atoms with Crippen LogP contribution in [-0.2, 0) is 22.6 Å². The molecule has 160 valence electrons. The maximum atomic E-state index is 13.1. The summed E-state index contributed by atoms with van der Waals surface area (Å²) in [6, 6.07) is 12.7. The summed E-state index contributed by atoms with van der Waals surface area (Å²) in [6.45, 7) is 6.59. The van der Waals surface area contributed by atoms with Crippen molar-refractivity contribution in [1.29, 1.82) is 0 Å². The molecule has 0 aliphatic carbocycles. The zero-order valence-corrected chi connectivity index (χ0v) is 18.1. The summed E-state index contributed by atoms with van der Waals surface area (Å²) in [5, 5.41) is 9.22. The topological polar surface area (TPSA) is 79.5 Å². The predicted molar refractivity (Wildman–Crippen MR) is 119 cm³/mol. The van der Waals surface area contributed by atoms with Crippen molar-refractivity contribution in [2.75, 3.05) is 12.4 Å². The van der Waals surface area contributed by atoms with Gasteiger partial charge in [-0.15, -0.1) is 0 Å². The van der Waals surface area contributed by atoms with Crippen LogP contribution in [0.3, 0.4) is 0 Å². The lowest BCUT2D eigenvalue weighted by Gasteiger charge is -2.29. The minimum absolute atomic E-state index is 0.0133. The highest BCUT2D eigenvalue weighted by molar-refractivity contribution is 5.99. The Balaban J connectivity index is 1.72. The molecule has 0 saturated heterocycles. The fourth-order valence-corrected chi connectivity index (χ4v) is 3.73. The summed E-state index contributed by atoms with van der Waals surface area (Å²) >= 11 is 0. The Morgan fingerprint density at radius 3 is 2.63 bits per heavy atom. The number of methoxy groups -OCH3 is 1. The molecule has 3 unspecified atom stereocenters. The third-order valence-corrected chi connectivity index (χ3v) is 5.80. The highest BCUT2D eigenvalue weighted by Gasteiger charge is 2.31. The summed E-state index contributed by atoms with van der Waals surface area (Å²) in [5.74, 6) is 0.188. The maximum Gasteiger partial charge on any atom is 0.247 e. The minimum Gasteiger partial charge on any atom is -0.495 e. The van der Waals surface area contributed by atoms with E-state index in [1.165, 1.54) is 11.1 Å². The predicted octanol–water partition coefficient (Wildman–Crippen LogP) is 3.19. The zero-order valence-electron chi connectivity index (χ0n) is 18.1. The molecule has 2 amide bonds. The molecule has 0 saturated carbocycles. The van der Waals surface area contributed by atoms with Crippen LogP contribution in [0.2, 0.25) is 0 Å². The molecule has 1 heterocycles. The quantitative estimate of drug-likeness (QED) is 0.656. The maximum absolute atomic E-state index is 13.1. The number of carbonyl (C=O) groups excluding carboxylic acids is 2. The monoisotopic (exact) mass is 409 g/mol. The van der Waals surface area contributed by atoms with Crippen molar-refractivity contribution in [3.8, 4) is 5.75 Å². The third kappa shape index (κ3) is 5.00. The average Bonchev–Trinajstić information content (AvgIpc) is 2.76. The number of anilines is 1. The van der Waals surface area contributed by atoms with Crippen LogP contribution in [0.25, 0.3) is 0 Å². The second-order valence-corrected chi connectivity index (χ2v) is 7.97. The molecule has 3 rings (SSSR count). The van der Waals surface area contributed by atoms with E-state index in [9.17, 15) is 9.59 Å². The van der Waals surface area contributed by atoms with Crippen molar-refractivity contribution in [2.45, 2.75) is 52.2 Å². The van der Waals surface area contributed by atoms with Gasteiger partial charge in [-0.2, -0.15) is 0 Å². The Bertz CT molecular complexity index is 912. The molecule has 3 atom stereocenters. The van der Waals surface area contributed by atoms with E-state index < -0.39 is 6.04 Å². The van der Waals surface area contributed by atoms with Crippen molar-refractivity contribution < 1.29 is 14.3 Å². The number of hydrogen-bond acceptors (Lipinski definition) is 4. The third-order valence-electron chi connectivity index (χ3n) is 5.80. The number of hydrogen-bond donors (Lipinski definition) is 3. The molecule has 2 aromatic carbocycles. The summed E-state index contributed by atoms with van der Waals surface area (Å²) in [4.78, 5) is 26.1. The normalized spacial score (nSPS) is 17.4. The fraction of sp³-hybridized carbons (Fsp3) is 0.417. The van der Waals surface area contributed by atoms with E-state index in [4.69, 9.17) is 4.74 Å². The lowest BCUT2D eigenvalue weighted by Crippen LogP contribution is -2.55. The van der Waals surface area contributed by atoms with Crippen LogP contribution in [0.1, 0.15) is 37.0 Å². The highest BCUT2D eigenvalue weighted by atomic mass is 16.5. The first-order chi connectivity index (χ1) is 14.4.